The van der Waals surface area contributed by atoms with Crippen molar-refractivity contribution >= 4 is 0 Å². The van der Waals surface area contributed by atoms with Gasteiger partial charge in [-0.1, -0.05) is 19.1 Å². The summed E-state index contributed by atoms with van der Waals surface area (Å²) in [7, 11) is 0. The second-order valence-corrected chi connectivity index (χ2v) is 4.11. The van der Waals surface area contributed by atoms with E-state index >= 15 is 0 Å². The average Bonchev–Trinajstić information content (AvgIpc) is 2.85. The molecule has 0 saturated heterocycles. The third kappa shape index (κ3) is 1.59. The first-order valence-electron chi connectivity index (χ1n) is 4.55. The number of hydrogen-bond acceptors (Lipinski definition) is 1. The molecule has 2 rings (SSSR count). The van der Waals surface area contributed by atoms with Crippen molar-refractivity contribution in [3.8, 4) is 0 Å². The molecule has 1 fully saturated rings. The molecule has 1 nitrogen and oxygen atoms in total. The van der Waals surface area contributed by atoms with Gasteiger partial charge in [-0.05, 0) is 36.0 Å². The summed E-state index contributed by atoms with van der Waals surface area (Å²) in [4.78, 5) is 0. The molecule has 0 amide bonds. The molecule has 1 aromatic carbocycles. The maximum Gasteiger partial charge on any atom is 0.123 e. The van der Waals surface area contributed by atoms with Gasteiger partial charge in [0.2, 0.25) is 0 Å². The third-order valence-corrected chi connectivity index (χ3v) is 2.88. The van der Waals surface area contributed by atoms with Crippen molar-refractivity contribution in [2.75, 3.05) is 0 Å². The largest absolute Gasteiger partial charge is 0.388 e. The molecule has 1 atom stereocenters. The number of aliphatic hydroxyl groups excluding tert-OH is 1. The van der Waals surface area contributed by atoms with Crippen LogP contribution in [0.15, 0.2) is 24.3 Å². The number of halogens is 1. The average molecular weight is 180 g/mol. The zero-order valence-electron chi connectivity index (χ0n) is 7.63. The van der Waals surface area contributed by atoms with Crippen molar-refractivity contribution in [1.82, 2.24) is 0 Å². The van der Waals surface area contributed by atoms with Crippen molar-refractivity contribution in [3.05, 3.63) is 35.6 Å². The quantitative estimate of drug-likeness (QED) is 0.741. The molecule has 0 radical (unpaired) electrons. The predicted octanol–water partition coefficient (Wildman–Crippen LogP) is 2.66. The van der Waals surface area contributed by atoms with Gasteiger partial charge in [0.25, 0.3) is 0 Å². The smallest absolute Gasteiger partial charge is 0.123 e. The molecule has 1 N–H and O–H groups in total. The van der Waals surface area contributed by atoms with Crippen molar-refractivity contribution < 1.29 is 9.50 Å². The van der Waals surface area contributed by atoms with Gasteiger partial charge in [0, 0.05) is 0 Å². The van der Waals surface area contributed by atoms with Gasteiger partial charge >= 0.3 is 0 Å². The summed E-state index contributed by atoms with van der Waals surface area (Å²) in [5.41, 5.74) is 0.860. The number of aliphatic hydroxyl groups is 1. The van der Waals surface area contributed by atoms with Crippen LogP contribution in [0, 0.1) is 11.2 Å². The first-order chi connectivity index (χ1) is 6.12. The summed E-state index contributed by atoms with van der Waals surface area (Å²) < 4.78 is 12.6. The molecule has 1 aliphatic rings. The topological polar surface area (TPSA) is 20.2 Å². The van der Waals surface area contributed by atoms with E-state index in [0.717, 1.165) is 18.4 Å². The first kappa shape index (κ1) is 8.70. The molecule has 0 heterocycles. The van der Waals surface area contributed by atoms with E-state index < -0.39 is 6.10 Å². The monoisotopic (exact) mass is 180 g/mol. The summed E-state index contributed by atoms with van der Waals surface area (Å²) >= 11 is 0. The Hall–Kier alpha value is -0.890. The molecule has 0 bridgehead atoms. The van der Waals surface area contributed by atoms with E-state index in [9.17, 15) is 9.50 Å². The third-order valence-electron chi connectivity index (χ3n) is 2.88. The summed E-state index contributed by atoms with van der Waals surface area (Å²) in [5.74, 6) is -0.253. The lowest BCUT2D eigenvalue weighted by Gasteiger charge is -2.17. The van der Waals surface area contributed by atoms with Gasteiger partial charge in [0.05, 0.1) is 6.10 Å². The lowest BCUT2D eigenvalue weighted by Crippen LogP contribution is -2.09. The van der Waals surface area contributed by atoms with Crippen LogP contribution in [0.1, 0.15) is 31.4 Å². The van der Waals surface area contributed by atoms with Gasteiger partial charge in [0.1, 0.15) is 5.82 Å². The SMILES string of the molecule is CC1(C(O)c2ccc(F)cc2)CC1. The van der Waals surface area contributed by atoms with E-state index in [-0.39, 0.29) is 11.2 Å². The van der Waals surface area contributed by atoms with E-state index in [1.165, 1.54) is 12.1 Å². The predicted molar refractivity (Wildman–Crippen MR) is 48.7 cm³/mol. The summed E-state index contributed by atoms with van der Waals surface area (Å²) in [6.45, 7) is 2.06. The summed E-state index contributed by atoms with van der Waals surface area (Å²) in [6.07, 6.45) is 1.69. The fraction of sp³-hybridized carbons (Fsp3) is 0.455. The van der Waals surface area contributed by atoms with Crippen LogP contribution in [0.2, 0.25) is 0 Å². The second kappa shape index (κ2) is 2.81. The molecular formula is C11H13FO. The Morgan fingerprint density at radius 3 is 2.31 bits per heavy atom. The highest BCUT2D eigenvalue weighted by molar-refractivity contribution is 5.22. The maximum atomic E-state index is 12.6. The molecule has 0 aromatic heterocycles. The minimum atomic E-state index is -0.437. The Kier molecular flexibility index (Phi) is 1.88. The van der Waals surface area contributed by atoms with E-state index in [0.29, 0.717) is 0 Å². The highest BCUT2D eigenvalue weighted by Gasteiger charge is 2.44. The molecule has 0 aliphatic heterocycles. The molecule has 70 valence electrons. The van der Waals surface area contributed by atoms with Crippen molar-refractivity contribution in [2.24, 2.45) is 5.41 Å². The highest BCUT2D eigenvalue weighted by Crippen LogP contribution is 2.54. The van der Waals surface area contributed by atoms with Gasteiger partial charge in [-0.25, -0.2) is 4.39 Å². The van der Waals surface area contributed by atoms with Crippen LogP contribution in [0.25, 0.3) is 0 Å². The van der Waals surface area contributed by atoms with Crippen LogP contribution in [-0.4, -0.2) is 5.11 Å². The molecule has 1 aliphatic carbocycles. The van der Waals surface area contributed by atoms with Gasteiger partial charge in [-0.2, -0.15) is 0 Å². The fourth-order valence-corrected chi connectivity index (χ4v) is 1.52. The molecular weight excluding hydrogens is 167 g/mol. The minimum absolute atomic E-state index is 0.0395. The van der Waals surface area contributed by atoms with Crippen molar-refractivity contribution in [3.63, 3.8) is 0 Å². The Morgan fingerprint density at radius 1 is 1.31 bits per heavy atom. The minimum Gasteiger partial charge on any atom is -0.388 e. The molecule has 13 heavy (non-hydrogen) atoms. The normalized spacial score (nSPS) is 21.2. The lowest BCUT2D eigenvalue weighted by molar-refractivity contribution is 0.103. The molecule has 1 unspecified atom stereocenters. The van der Waals surface area contributed by atoms with E-state index in [2.05, 4.69) is 6.92 Å². The Balaban J connectivity index is 2.20. The van der Waals surface area contributed by atoms with Crippen LogP contribution in [0.3, 0.4) is 0 Å². The molecule has 1 saturated carbocycles. The Morgan fingerprint density at radius 2 is 1.85 bits per heavy atom. The second-order valence-electron chi connectivity index (χ2n) is 4.11. The van der Waals surface area contributed by atoms with Crippen LogP contribution < -0.4 is 0 Å². The van der Waals surface area contributed by atoms with E-state index in [4.69, 9.17) is 0 Å². The van der Waals surface area contributed by atoms with Gasteiger partial charge < -0.3 is 5.11 Å². The lowest BCUT2D eigenvalue weighted by atomic mass is 9.95. The standard InChI is InChI=1S/C11H13FO/c1-11(6-7-11)10(13)8-2-4-9(12)5-3-8/h2-5,10,13H,6-7H2,1H3. The van der Waals surface area contributed by atoms with Gasteiger partial charge in [0.15, 0.2) is 0 Å². The van der Waals surface area contributed by atoms with E-state index in [1.54, 1.807) is 12.1 Å². The fourth-order valence-electron chi connectivity index (χ4n) is 1.52. The number of benzene rings is 1. The summed E-state index contributed by atoms with van der Waals surface area (Å²) in [5, 5.41) is 9.89. The van der Waals surface area contributed by atoms with Crippen LogP contribution in [0.5, 0.6) is 0 Å². The molecule has 1 aromatic rings. The number of hydrogen-bond donors (Lipinski definition) is 1. The Labute approximate surface area is 77.2 Å². The highest BCUT2D eigenvalue weighted by atomic mass is 19.1. The van der Waals surface area contributed by atoms with E-state index in [1.807, 2.05) is 0 Å². The first-order valence-corrected chi connectivity index (χ1v) is 4.55. The van der Waals surface area contributed by atoms with Crippen LogP contribution in [-0.2, 0) is 0 Å². The number of rotatable bonds is 2. The van der Waals surface area contributed by atoms with Crippen LogP contribution in [0.4, 0.5) is 4.39 Å². The van der Waals surface area contributed by atoms with Gasteiger partial charge in [-0.15, -0.1) is 0 Å². The summed E-state index contributed by atoms with van der Waals surface area (Å²) in [6, 6.07) is 6.10. The molecule has 0 spiro atoms. The van der Waals surface area contributed by atoms with Crippen molar-refractivity contribution in [2.45, 2.75) is 25.9 Å². The van der Waals surface area contributed by atoms with Crippen LogP contribution >= 0.6 is 0 Å². The zero-order chi connectivity index (χ0) is 9.47. The Bertz CT molecular complexity index is 300. The van der Waals surface area contributed by atoms with Gasteiger partial charge in [-0.3, -0.25) is 0 Å². The zero-order valence-corrected chi connectivity index (χ0v) is 7.63. The molecule has 2 heteroatoms. The van der Waals surface area contributed by atoms with Crippen molar-refractivity contribution in [1.29, 1.82) is 0 Å². The maximum absolute atomic E-state index is 12.6.